The highest BCUT2D eigenvalue weighted by atomic mass is 16.7. The summed E-state index contributed by atoms with van der Waals surface area (Å²) in [6, 6.07) is -0.828. The van der Waals surface area contributed by atoms with Crippen molar-refractivity contribution in [2.75, 3.05) is 13.2 Å². The summed E-state index contributed by atoms with van der Waals surface area (Å²) in [5, 5.41) is 54.4. The molecule has 426 valence electrons. The van der Waals surface area contributed by atoms with Crippen LogP contribution in [0.15, 0.2) is 60.8 Å². The van der Waals surface area contributed by atoms with Gasteiger partial charge in [0.25, 0.3) is 0 Å². The lowest BCUT2D eigenvalue weighted by Crippen LogP contribution is -2.60. The van der Waals surface area contributed by atoms with Crippen LogP contribution in [0, 0.1) is 0 Å². The summed E-state index contributed by atoms with van der Waals surface area (Å²) >= 11 is 0. The normalized spacial score (nSPS) is 19.5. The molecule has 0 aromatic rings. The van der Waals surface area contributed by atoms with Gasteiger partial charge in [-0.15, -0.1) is 0 Å². The van der Waals surface area contributed by atoms with Gasteiger partial charge in [-0.05, 0) is 77.0 Å². The van der Waals surface area contributed by atoms with Crippen LogP contribution in [-0.2, 0) is 14.3 Å². The van der Waals surface area contributed by atoms with Gasteiger partial charge in [-0.2, -0.15) is 0 Å². The summed E-state index contributed by atoms with van der Waals surface area (Å²) in [6.45, 7) is 3.74. The first-order valence-electron chi connectivity index (χ1n) is 31.0. The highest BCUT2D eigenvalue weighted by molar-refractivity contribution is 5.76. The summed E-state index contributed by atoms with van der Waals surface area (Å²) in [7, 11) is 0. The number of aliphatic hydroxyl groups excluding tert-OH is 5. The second kappa shape index (κ2) is 53.3. The number of allylic oxidation sites excluding steroid dienone is 9. The Labute approximate surface area is 449 Å². The Kier molecular flexibility index (Phi) is 50.3. The molecule has 0 saturated carbocycles. The fraction of sp³-hybridized carbons (Fsp3) is 0.828. The maximum Gasteiger partial charge on any atom is 0.220 e. The van der Waals surface area contributed by atoms with E-state index in [-0.39, 0.29) is 12.5 Å². The van der Waals surface area contributed by atoms with Crippen LogP contribution >= 0.6 is 0 Å². The lowest BCUT2D eigenvalue weighted by molar-refractivity contribution is -0.302. The molecule has 0 bridgehead atoms. The third-order valence-corrected chi connectivity index (χ3v) is 14.5. The van der Waals surface area contributed by atoms with Crippen LogP contribution < -0.4 is 5.32 Å². The number of ether oxygens (including phenoxy) is 2. The van der Waals surface area contributed by atoms with Crippen molar-refractivity contribution in [1.29, 1.82) is 0 Å². The molecule has 0 aliphatic carbocycles. The van der Waals surface area contributed by atoms with E-state index < -0.39 is 49.5 Å². The van der Waals surface area contributed by atoms with Crippen LogP contribution in [0.5, 0.6) is 0 Å². The molecule has 7 atom stereocenters. The van der Waals surface area contributed by atoms with Crippen molar-refractivity contribution in [3.63, 3.8) is 0 Å². The molecular formula is C64H117NO8. The number of hydrogen-bond donors (Lipinski definition) is 6. The molecule has 1 fully saturated rings. The zero-order chi connectivity index (χ0) is 52.9. The average Bonchev–Trinajstić information content (AvgIpc) is 3.39. The van der Waals surface area contributed by atoms with Crippen LogP contribution in [0.25, 0.3) is 0 Å². The van der Waals surface area contributed by atoms with E-state index in [0.717, 1.165) is 57.8 Å². The second-order valence-electron chi connectivity index (χ2n) is 21.5. The van der Waals surface area contributed by atoms with Gasteiger partial charge in [-0.1, -0.05) is 261 Å². The van der Waals surface area contributed by atoms with E-state index in [1.54, 1.807) is 6.08 Å². The van der Waals surface area contributed by atoms with Gasteiger partial charge in [-0.25, -0.2) is 0 Å². The molecule has 73 heavy (non-hydrogen) atoms. The molecule has 0 radical (unpaired) electrons. The minimum atomic E-state index is -1.57. The fourth-order valence-corrected chi connectivity index (χ4v) is 9.63. The van der Waals surface area contributed by atoms with Crippen LogP contribution in [0.4, 0.5) is 0 Å². The molecule has 1 aliphatic rings. The Bertz CT molecular complexity index is 1330. The molecule has 0 aromatic carbocycles. The van der Waals surface area contributed by atoms with Gasteiger partial charge in [-0.3, -0.25) is 4.79 Å². The minimum Gasteiger partial charge on any atom is -0.394 e. The third-order valence-electron chi connectivity index (χ3n) is 14.5. The van der Waals surface area contributed by atoms with Gasteiger partial charge in [0.15, 0.2) is 6.29 Å². The monoisotopic (exact) mass is 1030 g/mol. The first kappa shape index (κ1) is 68.9. The second-order valence-corrected chi connectivity index (χ2v) is 21.5. The van der Waals surface area contributed by atoms with Crippen molar-refractivity contribution in [2.24, 2.45) is 0 Å². The Morgan fingerprint density at radius 2 is 0.822 bits per heavy atom. The molecule has 9 nitrogen and oxygen atoms in total. The van der Waals surface area contributed by atoms with Crippen molar-refractivity contribution < 1.29 is 39.8 Å². The fourth-order valence-electron chi connectivity index (χ4n) is 9.63. The molecule has 1 rings (SSSR count). The first-order valence-corrected chi connectivity index (χ1v) is 31.0. The van der Waals surface area contributed by atoms with Crippen molar-refractivity contribution in [3.05, 3.63) is 60.8 Å². The molecule has 9 heteroatoms. The van der Waals surface area contributed by atoms with E-state index in [1.807, 2.05) is 6.08 Å². The molecule has 1 amide bonds. The van der Waals surface area contributed by atoms with Gasteiger partial charge in [0.1, 0.15) is 24.4 Å². The smallest absolute Gasteiger partial charge is 0.220 e. The summed E-state index contributed by atoms with van der Waals surface area (Å²) < 4.78 is 11.2. The van der Waals surface area contributed by atoms with Gasteiger partial charge >= 0.3 is 0 Å². The molecule has 1 saturated heterocycles. The van der Waals surface area contributed by atoms with E-state index in [0.29, 0.717) is 6.42 Å². The quantitative estimate of drug-likeness (QED) is 0.0261. The zero-order valence-electron chi connectivity index (χ0n) is 47.4. The topological polar surface area (TPSA) is 149 Å². The highest BCUT2D eigenvalue weighted by Crippen LogP contribution is 2.23. The van der Waals surface area contributed by atoms with Crippen molar-refractivity contribution in [1.82, 2.24) is 5.32 Å². The SMILES string of the molecule is CCCCCCC/C=C\C/C=C\CCCCCCCCCCCCCCCCCCCCCCCCCC(=O)NC(COC1OC(CO)C(O)C(O)C1O)C(O)/C=C/CC/C=C/CC/C=C/CCCCCCC. The van der Waals surface area contributed by atoms with Crippen LogP contribution in [0.1, 0.15) is 284 Å². The predicted molar refractivity (Wildman–Crippen MR) is 309 cm³/mol. The third kappa shape index (κ3) is 42.7. The van der Waals surface area contributed by atoms with E-state index in [1.165, 1.54) is 205 Å². The lowest BCUT2D eigenvalue weighted by Gasteiger charge is -2.40. The van der Waals surface area contributed by atoms with E-state index >= 15 is 0 Å². The first-order chi connectivity index (χ1) is 35.8. The van der Waals surface area contributed by atoms with Crippen molar-refractivity contribution in [2.45, 2.75) is 326 Å². The Balaban J connectivity index is 2.10. The standard InChI is InChI=1S/C64H117NO8/c1-3-5-7-9-11-13-15-17-19-20-21-22-23-24-25-26-27-28-29-30-31-32-33-34-35-36-37-38-40-42-44-46-48-50-52-54-60(68)65-57(56-72-64-63(71)62(70)61(69)59(55-66)73-64)58(67)53-51-49-47-45-43-41-39-18-16-14-12-10-8-6-4-2/h15-18,20-21,43,45,51,53,57-59,61-64,66-67,69-71H,3-14,19,22-42,44,46-50,52,54-56H2,1-2H3,(H,65,68)/b17-15-,18-16+,21-20-,45-43+,53-51+. The summed E-state index contributed by atoms with van der Waals surface area (Å²) in [6.07, 6.45) is 66.0. The molecular weight excluding hydrogens is 911 g/mol. The largest absolute Gasteiger partial charge is 0.394 e. The highest BCUT2D eigenvalue weighted by Gasteiger charge is 2.44. The molecule has 1 aliphatic heterocycles. The Hall–Kier alpha value is -2.11. The number of nitrogens with one attached hydrogen (secondary N) is 1. The van der Waals surface area contributed by atoms with Crippen LogP contribution in [0.2, 0.25) is 0 Å². The van der Waals surface area contributed by atoms with Crippen LogP contribution in [0.3, 0.4) is 0 Å². The molecule has 0 spiro atoms. The van der Waals surface area contributed by atoms with Gasteiger partial charge in [0.05, 0.1) is 25.4 Å². The van der Waals surface area contributed by atoms with E-state index in [9.17, 15) is 30.3 Å². The minimum absolute atomic E-state index is 0.188. The average molecular weight is 1030 g/mol. The summed E-state index contributed by atoms with van der Waals surface area (Å²) in [5.41, 5.74) is 0. The summed E-state index contributed by atoms with van der Waals surface area (Å²) in [4.78, 5) is 13.1. The molecule has 7 unspecified atom stereocenters. The maximum atomic E-state index is 13.1. The van der Waals surface area contributed by atoms with Gasteiger partial charge in [0, 0.05) is 6.42 Å². The van der Waals surface area contributed by atoms with E-state index in [4.69, 9.17) is 9.47 Å². The molecule has 0 aromatic heterocycles. The molecule has 6 N–H and O–H groups in total. The summed E-state index contributed by atoms with van der Waals surface area (Å²) in [5.74, 6) is -0.188. The maximum absolute atomic E-state index is 13.1. The number of amides is 1. The Morgan fingerprint density at radius 1 is 0.466 bits per heavy atom. The van der Waals surface area contributed by atoms with Gasteiger partial charge < -0.3 is 40.3 Å². The number of unbranched alkanes of at least 4 members (excludes halogenated alkanes) is 35. The molecule has 1 heterocycles. The van der Waals surface area contributed by atoms with Crippen LogP contribution in [-0.4, -0.2) is 87.5 Å². The number of hydrogen-bond acceptors (Lipinski definition) is 8. The Morgan fingerprint density at radius 3 is 1.23 bits per heavy atom. The van der Waals surface area contributed by atoms with Crippen molar-refractivity contribution in [3.8, 4) is 0 Å². The number of carbonyl (C=O) groups excluding carboxylic acids is 1. The van der Waals surface area contributed by atoms with Crippen molar-refractivity contribution >= 4 is 5.91 Å². The van der Waals surface area contributed by atoms with Gasteiger partial charge in [0.2, 0.25) is 5.91 Å². The number of aliphatic hydroxyl groups is 5. The predicted octanol–water partition coefficient (Wildman–Crippen LogP) is 15.9. The van der Waals surface area contributed by atoms with E-state index in [2.05, 4.69) is 67.8 Å². The number of carbonyl (C=O) groups is 1. The number of rotatable bonds is 53. The zero-order valence-corrected chi connectivity index (χ0v) is 47.4. The lowest BCUT2D eigenvalue weighted by atomic mass is 9.99.